The number of likely N-dealkylation sites (N-methyl/N-ethyl adjacent to an activating group) is 1. The van der Waals surface area contributed by atoms with Crippen molar-refractivity contribution in [1.82, 2.24) is 5.32 Å². The number of nitrogens with zero attached hydrogens (tertiary/aromatic N) is 1. The quantitative estimate of drug-likeness (QED) is 0.0246. The van der Waals surface area contributed by atoms with E-state index in [1.807, 2.05) is 21.1 Å². The summed E-state index contributed by atoms with van der Waals surface area (Å²) in [6.45, 7) is 4.87. The molecule has 0 fully saturated rings. The number of aliphatic hydroxyl groups is 1. The maximum atomic E-state index is 12.9. The summed E-state index contributed by atoms with van der Waals surface area (Å²) in [7, 11) is 1.61. The van der Waals surface area contributed by atoms with Crippen LogP contribution in [0.1, 0.15) is 213 Å². The van der Waals surface area contributed by atoms with E-state index < -0.39 is 20.0 Å². The topological polar surface area (TPSA) is 105 Å². The van der Waals surface area contributed by atoms with Gasteiger partial charge in [-0.05, 0) is 44.9 Å². The lowest BCUT2D eigenvalue weighted by molar-refractivity contribution is -0.870. The van der Waals surface area contributed by atoms with Gasteiger partial charge in [-0.2, -0.15) is 0 Å². The fourth-order valence-corrected chi connectivity index (χ4v) is 7.46. The zero-order valence-electron chi connectivity index (χ0n) is 36.9. The number of nitrogens with one attached hydrogen (secondary N) is 1. The Morgan fingerprint density at radius 3 is 1.51 bits per heavy atom. The average molecular weight is 800 g/mol. The predicted molar refractivity (Wildman–Crippen MR) is 235 cm³/mol. The van der Waals surface area contributed by atoms with Gasteiger partial charge in [-0.1, -0.05) is 186 Å². The summed E-state index contributed by atoms with van der Waals surface area (Å²) in [5.41, 5.74) is 0. The number of quaternary nitrogens is 1. The highest BCUT2D eigenvalue weighted by molar-refractivity contribution is 7.47. The number of amides is 1. The number of rotatable bonds is 42. The first kappa shape index (κ1) is 54.0. The zero-order valence-corrected chi connectivity index (χ0v) is 37.8. The second-order valence-corrected chi connectivity index (χ2v) is 18.6. The van der Waals surface area contributed by atoms with Gasteiger partial charge in [0.25, 0.3) is 0 Å². The standard InChI is InChI=1S/C46H91N2O6P/c1-6-8-10-12-14-16-18-20-22-23-24-26-28-30-32-34-36-38-40-46(50)47-44(43-54-55(51,52)53-42-41-48(3,4)5)45(49)39-37-35-33-31-29-27-25-21-19-17-15-13-11-9-7-2/h16,18,22-23,44-45,49H,6-15,17,19-21,24-43H2,1-5H3,(H-,47,50,51,52)/p+1/b18-16-,23-22-. The first-order valence-electron chi connectivity index (χ1n) is 23.2. The highest BCUT2D eigenvalue weighted by Gasteiger charge is 2.28. The molecule has 0 saturated heterocycles. The number of aliphatic hydroxyl groups excluding tert-OH is 1. The molecule has 0 rings (SSSR count). The molecule has 9 heteroatoms. The molecule has 0 aromatic heterocycles. The summed E-state index contributed by atoms with van der Waals surface area (Å²) in [6, 6.07) is -0.762. The Kier molecular flexibility index (Phi) is 37.8. The second-order valence-electron chi connectivity index (χ2n) is 17.1. The van der Waals surface area contributed by atoms with E-state index in [1.54, 1.807) is 0 Å². The molecule has 0 aliphatic rings. The summed E-state index contributed by atoms with van der Waals surface area (Å²) in [6.07, 6.45) is 44.8. The van der Waals surface area contributed by atoms with E-state index in [0.717, 1.165) is 51.4 Å². The number of phosphoric acid groups is 1. The Morgan fingerprint density at radius 2 is 1.04 bits per heavy atom. The molecule has 0 bridgehead atoms. The molecule has 0 aliphatic carbocycles. The van der Waals surface area contributed by atoms with Crippen LogP contribution >= 0.6 is 7.82 Å². The van der Waals surface area contributed by atoms with Crippen molar-refractivity contribution in [3.63, 3.8) is 0 Å². The minimum Gasteiger partial charge on any atom is -0.391 e. The van der Waals surface area contributed by atoms with E-state index in [2.05, 4.69) is 43.5 Å². The molecule has 0 aromatic carbocycles. The van der Waals surface area contributed by atoms with Gasteiger partial charge < -0.3 is 19.8 Å². The largest absolute Gasteiger partial charge is 0.472 e. The second kappa shape index (κ2) is 38.5. The van der Waals surface area contributed by atoms with Gasteiger partial charge in [0, 0.05) is 6.42 Å². The molecule has 1 amide bonds. The number of allylic oxidation sites excluding steroid dienone is 4. The van der Waals surface area contributed by atoms with Crippen LogP contribution in [0.5, 0.6) is 0 Å². The number of unbranched alkanes of at least 4 members (excludes halogenated alkanes) is 25. The number of phosphoric ester groups is 1. The Bertz CT molecular complexity index is 953. The van der Waals surface area contributed by atoms with E-state index in [1.165, 1.54) is 135 Å². The smallest absolute Gasteiger partial charge is 0.391 e. The van der Waals surface area contributed by atoms with Crippen molar-refractivity contribution in [2.24, 2.45) is 0 Å². The normalized spacial score (nSPS) is 14.5. The third-order valence-electron chi connectivity index (χ3n) is 10.5. The third kappa shape index (κ3) is 41.0. The molecule has 3 atom stereocenters. The van der Waals surface area contributed by atoms with Crippen molar-refractivity contribution in [2.75, 3.05) is 40.9 Å². The monoisotopic (exact) mass is 800 g/mol. The van der Waals surface area contributed by atoms with Crippen LogP contribution in [0.2, 0.25) is 0 Å². The van der Waals surface area contributed by atoms with E-state index in [9.17, 15) is 19.4 Å². The molecule has 0 radical (unpaired) electrons. The number of carbonyl (C=O) groups excluding carboxylic acids is 1. The lowest BCUT2D eigenvalue weighted by Gasteiger charge is -2.26. The van der Waals surface area contributed by atoms with Gasteiger partial charge in [0.05, 0.1) is 39.9 Å². The molecule has 0 aliphatic heterocycles. The van der Waals surface area contributed by atoms with Crippen LogP contribution in [0.3, 0.4) is 0 Å². The van der Waals surface area contributed by atoms with Gasteiger partial charge in [0.1, 0.15) is 13.2 Å². The molecule has 0 spiro atoms. The Labute approximate surface area is 341 Å². The number of carbonyl (C=O) groups is 1. The lowest BCUT2D eigenvalue weighted by atomic mass is 10.0. The number of hydrogen-bond acceptors (Lipinski definition) is 5. The van der Waals surface area contributed by atoms with Crippen LogP contribution in [-0.2, 0) is 18.4 Å². The van der Waals surface area contributed by atoms with E-state index in [-0.39, 0.29) is 19.1 Å². The van der Waals surface area contributed by atoms with Crippen LogP contribution in [-0.4, -0.2) is 73.4 Å². The van der Waals surface area contributed by atoms with Gasteiger partial charge in [0.15, 0.2) is 0 Å². The summed E-state index contributed by atoms with van der Waals surface area (Å²) in [4.78, 5) is 23.2. The Hall–Kier alpha value is -1.02. The summed E-state index contributed by atoms with van der Waals surface area (Å²) in [5, 5.41) is 14.0. The lowest BCUT2D eigenvalue weighted by Crippen LogP contribution is -2.46. The summed E-state index contributed by atoms with van der Waals surface area (Å²) in [5.74, 6) is -0.152. The molecular weight excluding hydrogens is 707 g/mol. The van der Waals surface area contributed by atoms with Gasteiger partial charge in [-0.15, -0.1) is 0 Å². The van der Waals surface area contributed by atoms with E-state index in [0.29, 0.717) is 23.9 Å². The summed E-state index contributed by atoms with van der Waals surface area (Å²) < 4.78 is 23.6. The first-order valence-corrected chi connectivity index (χ1v) is 24.7. The molecule has 3 unspecified atom stereocenters. The van der Waals surface area contributed by atoms with E-state index in [4.69, 9.17) is 9.05 Å². The molecule has 0 aromatic rings. The van der Waals surface area contributed by atoms with Gasteiger partial charge >= 0.3 is 7.82 Å². The van der Waals surface area contributed by atoms with Crippen molar-refractivity contribution >= 4 is 13.7 Å². The zero-order chi connectivity index (χ0) is 40.7. The van der Waals surface area contributed by atoms with Crippen LogP contribution in [0.4, 0.5) is 0 Å². The van der Waals surface area contributed by atoms with Crippen LogP contribution in [0.15, 0.2) is 24.3 Å². The average Bonchev–Trinajstić information content (AvgIpc) is 3.13. The maximum Gasteiger partial charge on any atom is 0.472 e. The minimum atomic E-state index is -4.31. The van der Waals surface area contributed by atoms with Gasteiger partial charge in [-0.25, -0.2) is 4.57 Å². The fraction of sp³-hybridized carbons (Fsp3) is 0.891. The third-order valence-corrected chi connectivity index (χ3v) is 11.4. The molecule has 0 saturated carbocycles. The van der Waals surface area contributed by atoms with Crippen LogP contribution in [0.25, 0.3) is 0 Å². The summed E-state index contributed by atoms with van der Waals surface area (Å²) >= 11 is 0. The Morgan fingerprint density at radius 1 is 0.618 bits per heavy atom. The van der Waals surface area contributed by atoms with Crippen LogP contribution < -0.4 is 5.32 Å². The van der Waals surface area contributed by atoms with Crippen molar-refractivity contribution in [1.29, 1.82) is 0 Å². The maximum absolute atomic E-state index is 12.9. The first-order chi connectivity index (χ1) is 26.5. The van der Waals surface area contributed by atoms with E-state index >= 15 is 0 Å². The molecule has 0 heterocycles. The van der Waals surface area contributed by atoms with Crippen molar-refractivity contribution in [2.45, 2.75) is 225 Å². The SMILES string of the molecule is CCCCCC/C=C\C/C=C\CCCCCCCCCC(=O)NC(COP(=O)(O)OCC[N+](C)(C)C)C(O)CCCCCCCCCCCCCCCCC. The number of hydrogen-bond donors (Lipinski definition) is 3. The molecular formula is C46H92N2O6P+. The fourth-order valence-electron chi connectivity index (χ4n) is 6.72. The van der Waals surface area contributed by atoms with Crippen molar-refractivity contribution in [3.05, 3.63) is 24.3 Å². The van der Waals surface area contributed by atoms with Gasteiger partial charge in [0.2, 0.25) is 5.91 Å². The predicted octanol–water partition coefficient (Wildman–Crippen LogP) is 12.9. The molecule has 326 valence electrons. The highest BCUT2D eigenvalue weighted by Crippen LogP contribution is 2.43. The highest BCUT2D eigenvalue weighted by atomic mass is 31.2. The molecule has 3 N–H and O–H groups in total. The van der Waals surface area contributed by atoms with Crippen molar-refractivity contribution < 1.29 is 32.9 Å². The van der Waals surface area contributed by atoms with Gasteiger partial charge in [-0.3, -0.25) is 13.8 Å². The van der Waals surface area contributed by atoms with Crippen molar-refractivity contribution in [3.8, 4) is 0 Å². The van der Waals surface area contributed by atoms with Crippen LogP contribution in [0, 0.1) is 0 Å². The Balaban J connectivity index is 4.35. The molecule has 55 heavy (non-hydrogen) atoms. The minimum absolute atomic E-state index is 0.0736. The molecule has 8 nitrogen and oxygen atoms in total.